The average Bonchev–Trinajstić information content (AvgIpc) is 2.68. The highest BCUT2D eigenvalue weighted by atomic mass is 79.9. The second-order valence-corrected chi connectivity index (χ2v) is 6.84. The number of amides is 4. The van der Waals surface area contributed by atoms with E-state index in [1.165, 1.54) is 42.5 Å². The van der Waals surface area contributed by atoms with Gasteiger partial charge in [-0.15, -0.1) is 0 Å². The predicted molar refractivity (Wildman–Crippen MR) is 107 cm³/mol. The lowest BCUT2D eigenvalue weighted by molar-refractivity contribution is -0.122. The second kappa shape index (κ2) is 8.27. The van der Waals surface area contributed by atoms with E-state index in [0.717, 1.165) is 4.90 Å². The number of anilines is 1. The molecule has 2 aromatic carbocycles. The lowest BCUT2D eigenvalue weighted by Crippen LogP contribution is -2.54. The Morgan fingerprint density at radius 3 is 2.52 bits per heavy atom. The van der Waals surface area contributed by atoms with Crippen LogP contribution in [-0.2, 0) is 14.3 Å². The first-order valence-corrected chi connectivity index (χ1v) is 9.28. The van der Waals surface area contributed by atoms with Crippen molar-refractivity contribution in [2.75, 3.05) is 11.5 Å². The number of barbiturate groups is 1. The first-order valence-electron chi connectivity index (χ1n) is 8.49. The van der Waals surface area contributed by atoms with Crippen molar-refractivity contribution in [3.8, 4) is 5.75 Å². The molecule has 1 aliphatic heterocycles. The van der Waals surface area contributed by atoms with Gasteiger partial charge in [0.15, 0.2) is 0 Å². The fourth-order valence-corrected chi connectivity index (χ4v) is 3.03. The summed E-state index contributed by atoms with van der Waals surface area (Å²) in [6.45, 7) is 1.89. The molecule has 2 N–H and O–H groups in total. The zero-order valence-corrected chi connectivity index (χ0v) is 16.7. The molecule has 0 radical (unpaired) electrons. The minimum atomic E-state index is -0.917. The molecule has 0 aliphatic carbocycles. The number of ether oxygens (including phenoxy) is 1. The summed E-state index contributed by atoms with van der Waals surface area (Å²) < 4.78 is 5.53. The van der Waals surface area contributed by atoms with Crippen molar-refractivity contribution in [1.29, 1.82) is 0 Å². The molecule has 8 nitrogen and oxygen atoms in total. The first kappa shape index (κ1) is 20.3. The summed E-state index contributed by atoms with van der Waals surface area (Å²) in [6.07, 6.45) is 1.20. The monoisotopic (exact) mass is 458 g/mol. The van der Waals surface area contributed by atoms with Crippen LogP contribution in [0.15, 0.2) is 52.5 Å². The highest BCUT2D eigenvalue weighted by Crippen LogP contribution is 2.27. The summed E-state index contributed by atoms with van der Waals surface area (Å²) in [5.41, 5.74) is 0.320. The fraction of sp³-hybridized carbons (Fsp3) is 0.100. The SMILES string of the molecule is CCOC(=O)c1ccc(N2C(=O)NC(=O)/C(=C\c3cc(Br)ccc3O)C2=O)cc1. The van der Waals surface area contributed by atoms with E-state index in [9.17, 15) is 24.3 Å². The maximum absolute atomic E-state index is 12.9. The van der Waals surface area contributed by atoms with Crippen molar-refractivity contribution in [2.45, 2.75) is 6.92 Å². The summed E-state index contributed by atoms with van der Waals surface area (Å²) in [7, 11) is 0. The minimum Gasteiger partial charge on any atom is -0.507 e. The number of rotatable bonds is 4. The van der Waals surface area contributed by atoms with Crippen LogP contribution in [0.4, 0.5) is 10.5 Å². The van der Waals surface area contributed by atoms with E-state index in [-0.39, 0.29) is 34.7 Å². The number of urea groups is 1. The molecule has 0 atom stereocenters. The van der Waals surface area contributed by atoms with Crippen molar-refractivity contribution in [3.05, 3.63) is 63.6 Å². The third-order valence-corrected chi connectivity index (χ3v) is 4.52. The molecule has 0 bridgehead atoms. The molecular weight excluding hydrogens is 444 g/mol. The van der Waals surface area contributed by atoms with Gasteiger partial charge in [0, 0.05) is 10.0 Å². The lowest BCUT2D eigenvalue weighted by Gasteiger charge is -2.26. The second-order valence-electron chi connectivity index (χ2n) is 5.93. The van der Waals surface area contributed by atoms with Gasteiger partial charge in [0.1, 0.15) is 11.3 Å². The first-order chi connectivity index (χ1) is 13.8. The molecule has 1 aliphatic rings. The fourth-order valence-electron chi connectivity index (χ4n) is 2.65. The maximum atomic E-state index is 12.9. The van der Waals surface area contributed by atoms with Crippen LogP contribution in [0.1, 0.15) is 22.8 Å². The molecular formula is C20H15BrN2O6. The number of benzene rings is 2. The van der Waals surface area contributed by atoms with Crippen molar-refractivity contribution < 1.29 is 29.0 Å². The van der Waals surface area contributed by atoms with Crippen LogP contribution < -0.4 is 10.2 Å². The van der Waals surface area contributed by atoms with Gasteiger partial charge in [0.25, 0.3) is 11.8 Å². The molecule has 9 heteroatoms. The van der Waals surface area contributed by atoms with Crippen molar-refractivity contribution in [2.24, 2.45) is 0 Å². The number of phenols is 1. The Morgan fingerprint density at radius 2 is 1.86 bits per heavy atom. The molecule has 3 rings (SSSR count). The number of esters is 1. The standard InChI is InChI=1S/C20H15BrN2O6/c1-2-29-19(27)11-3-6-14(7-4-11)23-18(26)15(17(25)22-20(23)28)10-12-9-13(21)5-8-16(12)24/h3-10,24H,2H2,1H3,(H,22,25,28)/b15-10+. The number of imide groups is 2. The summed E-state index contributed by atoms with van der Waals surface area (Å²) in [5, 5.41) is 12.1. The zero-order chi connectivity index (χ0) is 21.1. The van der Waals surface area contributed by atoms with Crippen LogP contribution in [0.25, 0.3) is 6.08 Å². The molecule has 0 saturated carbocycles. The average molecular weight is 459 g/mol. The molecule has 29 heavy (non-hydrogen) atoms. The number of halogens is 1. The van der Waals surface area contributed by atoms with Crippen LogP contribution in [0.2, 0.25) is 0 Å². The van der Waals surface area contributed by atoms with Crippen LogP contribution in [-0.4, -0.2) is 35.5 Å². The molecule has 1 saturated heterocycles. The summed E-state index contributed by atoms with van der Waals surface area (Å²) >= 11 is 3.25. The van der Waals surface area contributed by atoms with Gasteiger partial charge in [0.2, 0.25) is 0 Å². The third kappa shape index (κ3) is 4.19. The molecule has 0 spiro atoms. The Kier molecular flexibility index (Phi) is 5.79. The van der Waals surface area contributed by atoms with Crippen LogP contribution in [0, 0.1) is 0 Å². The van der Waals surface area contributed by atoms with Gasteiger partial charge in [-0.1, -0.05) is 15.9 Å². The lowest BCUT2D eigenvalue weighted by atomic mass is 10.1. The van der Waals surface area contributed by atoms with Gasteiger partial charge in [-0.2, -0.15) is 0 Å². The molecule has 1 fully saturated rings. The van der Waals surface area contributed by atoms with Gasteiger partial charge in [0.05, 0.1) is 17.9 Å². The molecule has 0 unspecified atom stereocenters. The molecule has 148 valence electrons. The van der Waals surface area contributed by atoms with Crippen molar-refractivity contribution in [1.82, 2.24) is 5.32 Å². The highest BCUT2D eigenvalue weighted by molar-refractivity contribution is 9.10. The summed E-state index contributed by atoms with van der Waals surface area (Å²) in [4.78, 5) is 49.8. The number of nitrogens with zero attached hydrogens (tertiary/aromatic N) is 1. The van der Waals surface area contributed by atoms with E-state index < -0.39 is 23.8 Å². The largest absolute Gasteiger partial charge is 0.507 e. The van der Waals surface area contributed by atoms with Crippen LogP contribution >= 0.6 is 15.9 Å². The normalized spacial score (nSPS) is 15.4. The number of carbonyl (C=O) groups excluding carboxylic acids is 4. The van der Waals surface area contributed by atoms with E-state index >= 15 is 0 Å². The van der Waals surface area contributed by atoms with Crippen molar-refractivity contribution >= 4 is 51.5 Å². The number of hydrogen-bond acceptors (Lipinski definition) is 6. The molecule has 0 aromatic heterocycles. The number of hydrogen-bond donors (Lipinski definition) is 2. The molecule has 1 heterocycles. The topological polar surface area (TPSA) is 113 Å². The Hall–Kier alpha value is -3.46. The minimum absolute atomic E-state index is 0.136. The van der Waals surface area contributed by atoms with Gasteiger partial charge in [-0.3, -0.25) is 14.9 Å². The van der Waals surface area contributed by atoms with Gasteiger partial charge in [-0.25, -0.2) is 14.5 Å². The summed E-state index contributed by atoms with van der Waals surface area (Å²) in [5.74, 6) is -2.40. The Balaban J connectivity index is 1.96. The Morgan fingerprint density at radius 1 is 1.17 bits per heavy atom. The van der Waals surface area contributed by atoms with E-state index in [0.29, 0.717) is 4.47 Å². The quantitative estimate of drug-likeness (QED) is 0.413. The molecule has 4 amide bonds. The van der Waals surface area contributed by atoms with Crippen LogP contribution in [0.5, 0.6) is 5.75 Å². The predicted octanol–water partition coefficient (Wildman–Crippen LogP) is 3.00. The summed E-state index contributed by atoms with van der Waals surface area (Å²) in [6, 6.07) is 9.22. The number of nitrogens with one attached hydrogen (secondary N) is 1. The van der Waals surface area contributed by atoms with Gasteiger partial charge >= 0.3 is 12.0 Å². The van der Waals surface area contributed by atoms with E-state index in [2.05, 4.69) is 21.2 Å². The number of aromatic hydroxyl groups is 1. The van der Waals surface area contributed by atoms with Gasteiger partial charge in [-0.05, 0) is 55.5 Å². The van der Waals surface area contributed by atoms with Crippen LogP contribution in [0.3, 0.4) is 0 Å². The Labute approximate surface area is 173 Å². The van der Waals surface area contributed by atoms with Gasteiger partial charge < -0.3 is 9.84 Å². The Bertz CT molecular complexity index is 1050. The van der Waals surface area contributed by atoms with E-state index in [1.807, 2.05) is 0 Å². The number of carbonyl (C=O) groups is 4. The van der Waals surface area contributed by atoms with Crippen molar-refractivity contribution in [3.63, 3.8) is 0 Å². The molecule has 2 aromatic rings. The van der Waals surface area contributed by atoms with E-state index in [4.69, 9.17) is 4.74 Å². The van der Waals surface area contributed by atoms with E-state index in [1.54, 1.807) is 13.0 Å². The smallest absolute Gasteiger partial charge is 0.338 e. The highest BCUT2D eigenvalue weighted by Gasteiger charge is 2.37. The maximum Gasteiger partial charge on any atom is 0.338 e. The third-order valence-electron chi connectivity index (χ3n) is 4.03. The zero-order valence-electron chi connectivity index (χ0n) is 15.1. The number of phenolic OH excluding ortho intramolecular Hbond substituents is 1.